The molecule has 0 spiro atoms. The van der Waals surface area contributed by atoms with E-state index in [2.05, 4.69) is 16.9 Å². The molecular formula is C14H11F4N3. The summed E-state index contributed by atoms with van der Waals surface area (Å²) in [7, 11) is 0. The summed E-state index contributed by atoms with van der Waals surface area (Å²) in [5, 5.41) is 3.41. The Hall–Kier alpha value is -2.33. The summed E-state index contributed by atoms with van der Waals surface area (Å²) in [5.41, 5.74) is 5.13. The van der Waals surface area contributed by atoms with Crippen LogP contribution in [-0.4, -0.2) is 16.3 Å². The van der Waals surface area contributed by atoms with Crippen molar-refractivity contribution in [2.45, 2.75) is 12.7 Å². The largest absolute Gasteiger partial charge is 0.435 e. The van der Waals surface area contributed by atoms with Crippen LogP contribution in [0.5, 0.6) is 0 Å². The predicted molar refractivity (Wildman–Crippen MR) is 68.7 cm³/mol. The normalized spacial score (nSPS) is 11.1. The molecule has 1 aromatic carbocycles. The zero-order chi connectivity index (χ0) is 15.5. The van der Waals surface area contributed by atoms with E-state index < -0.39 is 17.7 Å². The van der Waals surface area contributed by atoms with Gasteiger partial charge in [-0.1, -0.05) is 11.8 Å². The molecule has 0 unspecified atom stereocenters. The quantitative estimate of drug-likeness (QED) is 0.683. The van der Waals surface area contributed by atoms with Crippen molar-refractivity contribution in [1.82, 2.24) is 9.78 Å². The lowest BCUT2D eigenvalue weighted by atomic mass is 10.1. The number of aromatic nitrogens is 2. The maximum atomic E-state index is 13.4. The Balaban J connectivity index is 2.23. The van der Waals surface area contributed by atoms with Crippen molar-refractivity contribution in [3.05, 3.63) is 53.1 Å². The number of benzene rings is 1. The molecule has 2 rings (SSSR count). The van der Waals surface area contributed by atoms with E-state index in [4.69, 9.17) is 5.73 Å². The SMILES string of the molecule is NCC#Cc1cc(F)cc(Cn2ccc(C(F)(F)F)n2)c1. The number of halogens is 4. The Morgan fingerprint density at radius 3 is 2.62 bits per heavy atom. The first-order chi connectivity index (χ1) is 9.88. The minimum absolute atomic E-state index is 0.0190. The van der Waals surface area contributed by atoms with Gasteiger partial charge in [0.2, 0.25) is 0 Å². The van der Waals surface area contributed by atoms with Crippen molar-refractivity contribution >= 4 is 0 Å². The molecule has 7 heteroatoms. The molecule has 0 fully saturated rings. The minimum Gasteiger partial charge on any atom is -0.320 e. The second kappa shape index (κ2) is 5.97. The van der Waals surface area contributed by atoms with Crippen molar-refractivity contribution in [3.8, 4) is 11.8 Å². The van der Waals surface area contributed by atoms with E-state index in [1.807, 2.05) is 0 Å². The van der Waals surface area contributed by atoms with E-state index in [-0.39, 0.29) is 13.1 Å². The maximum absolute atomic E-state index is 13.4. The lowest BCUT2D eigenvalue weighted by Crippen LogP contribution is -2.08. The molecular weight excluding hydrogens is 286 g/mol. The van der Waals surface area contributed by atoms with Crippen molar-refractivity contribution in [2.24, 2.45) is 5.73 Å². The molecule has 0 saturated heterocycles. The maximum Gasteiger partial charge on any atom is 0.435 e. The average Bonchev–Trinajstić information content (AvgIpc) is 2.84. The van der Waals surface area contributed by atoms with Gasteiger partial charge >= 0.3 is 6.18 Å². The Bertz CT molecular complexity index is 692. The van der Waals surface area contributed by atoms with Crippen LogP contribution < -0.4 is 5.73 Å². The van der Waals surface area contributed by atoms with Gasteiger partial charge in [-0.3, -0.25) is 4.68 Å². The molecule has 3 nitrogen and oxygen atoms in total. The molecule has 1 heterocycles. The standard InChI is InChI=1S/C14H11F4N3/c15-12-7-10(2-1-4-19)6-11(8-12)9-21-5-3-13(20-21)14(16,17)18/h3,5-8H,4,9,19H2. The molecule has 0 atom stereocenters. The van der Waals surface area contributed by atoms with Gasteiger partial charge in [-0.25, -0.2) is 4.39 Å². The Morgan fingerprint density at radius 1 is 1.24 bits per heavy atom. The van der Waals surface area contributed by atoms with Crippen LogP contribution in [0, 0.1) is 17.7 Å². The zero-order valence-electron chi connectivity index (χ0n) is 10.8. The molecule has 0 aliphatic heterocycles. The van der Waals surface area contributed by atoms with Crippen LogP contribution in [0.25, 0.3) is 0 Å². The Labute approximate surface area is 118 Å². The van der Waals surface area contributed by atoms with Gasteiger partial charge in [0.1, 0.15) is 5.82 Å². The first-order valence-electron chi connectivity index (χ1n) is 5.97. The average molecular weight is 297 g/mol. The summed E-state index contributed by atoms with van der Waals surface area (Å²) >= 11 is 0. The lowest BCUT2D eigenvalue weighted by Gasteiger charge is -2.04. The van der Waals surface area contributed by atoms with Crippen molar-refractivity contribution in [3.63, 3.8) is 0 Å². The fourth-order valence-electron chi connectivity index (χ4n) is 1.75. The van der Waals surface area contributed by atoms with Gasteiger partial charge in [0.05, 0.1) is 13.1 Å². The molecule has 0 amide bonds. The Kier molecular flexibility index (Phi) is 4.29. The van der Waals surface area contributed by atoms with Crippen LogP contribution in [0.2, 0.25) is 0 Å². The second-order valence-electron chi connectivity index (χ2n) is 4.25. The van der Waals surface area contributed by atoms with E-state index >= 15 is 0 Å². The predicted octanol–water partition coefficient (Wildman–Crippen LogP) is 2.40. The van der Waals surface area contributed by atoms with Crippen molar-refractivity contribution in [2.75, 3.05) is 6.54 Å². The van der Waals surface area contributed by atoms with E-state index in [1.54, 1.807) is 6.07 Å². The second-order valence-corrected chi connectivity index (χ2v) is 4.25. The highest BCUT2D eigenvalue weighted by Gasteiger charge is 2.33. The number of hydrogen-bond acceptors (Lipinski definition) is 2. The van der Waals surface area contributed by atoms with Gasteiger partial charge in [-0.2, -0.15) is 18.3 Å². The molecule has 0 aliphatic rings. The van der Waals surface area contributed by atoms with E-state index in [0.29, 0.717) is 11.1 Å². The van der Waals surface area contributed by atoms with Crippen LogP contribution in [-0.2, 0) is 12.7 Å². The zero-order valence-corrected chi connectivity index (χ0v) is 10.8. The molecule has 0 bridgehead atoms. The summed E-state index contributed by atoms with van der Waals surface area (Å²) in [6.45, 7) is 0.158. The van der Waals surface area contributed by atoms with E-state index in [9.17, 15) is 17.6 Å². The molecule has 21 heavy (non-hydrogen) atoms. The molecule has 0 radical (unpaired) electrons. The third-order valence-electron chi connectivity index (χ3n) is 2.57. The number of rotatable bonds is 2. The first-order valence-corrected chi connectivity index (χ1v) is 5.97. The molecule has 110 valence electrons. The van der Waals surface area contributed by atoms with Gasteiger partial charge in [0, 0.05) is 11.8 Å². The smallest absolute Gasteiger partial charge is 0.320 e. The highest BCUT2D eigenvalue weighted by atomic mass is 19.4. The van der Waals surface area contributed by atoms with Crippen LogP contribution in [0.3, 0.4) is 0 Å². The molecule has 2 aromatic rings. The van der Waals surface area contributed by atoms with E-state index in [0.717, 1.165) is 10.7 Å². The van der Waals surface area contributed by atoms with Crippen LogP contribution >= 0.6 is 0 Å². The highest BCUT2D eigenvalue weighted by Crippen LogP contribution is 2.27. The first kappa shape index (κ1) is 15.1. The molecule has 2 N–H and O–H groups in total. The van der Waals surface area contributed by atoms with Crippen LogP contribution in [0.15, 0.2) is 30.5 Å². The fraction of sp³-hybridized carbons (Fsp3) is 0.214. The topological polar surface area (TPSA) is 43.8 Å². The molecule has 0 saturated carbocycles. The number of nitrogens with zero attached hydrogens (tertiary/aromatic N) is 2. The summed E-state index contributed by atoms with van der Waals surface area (Å²) in [5.74, 6) is 4.75. The fourth-order valence-corrected chi connectivity index (χ4v) is 1.75. The monoisotopic (exact) mass is 297 g/mol. The summed E-state index contributed by atoms with van der Waals surface area (Å²) in [4.78, 5) is 0. The minimum atomic E-state index is -4.50. The number of alkyl halides is 3. The Morgan fingerprint density at radius 2 is 2.00 bits per heavy atom. The van der Waals surface area contributed by atoms with Gasteiger partial charge in [-0.15, -0.1) is 0 Å². The summed E-state index contributed by atoms with van der Waals surface area (Å²) in [6, 6.07) is 4.91. The van der Waals surface area contributed by atoms with Gasteiger partial charge in [0.25, 0.3) is 0 Å². The molecule has 1 aromatic heterocycles. The number of hydrogen-bond donors (Lipinski definition) is 1. The van der Waals surface area contributed by atoms with Crippen LogP contribution in [0.4, 0.5) is 17.6 Å². The molecule has 0 aliphatic carbocycles. The van der Waals surface area contributed by atoms with Gasteiger partial charge in [0.15, 0.2) is 5.69 Å². The third kappa shape index (κ3) is 4.07. The van der Waals surface area contributed by atoms with Gasteiger partial charge < -0.3 is 5.73 Å². The summed E-state index contributed by atoms with van der Waals surface area (Å²) < 4.78 is 51.9. The summed E-state index contributed by atoms with van der Waals surface area (Å²) in [6.07, 6.45) is -3.30. The van der Waals surface area contributed by atoms with Crippen molar-refractivity contribution in [1.29, 1.82) is 0 Å². The number of nitrogens with two attached hydrogens (primary N) is 1. The lowest BCUT2D eigenvalue weighted by molar-refractivity contribution is -0.141. The van der Waals surface area contributed by atoms with Crippen LogP contribution in [0.1, 0.15) is 16.8 Å². The third-order valence-corrected chi connectivity index (χ3v) is 2.57. The van der Waals surface area contributed by atoms with Crippen molar-refractivity contribution < 1.29 is 17.6 Å². The van der Waals surface area contributed by atoms with Gasteiger partial charge in [-0.05, 0) is 29.8 Å². The van der Waals surface area contributed by atoms with E-state index in [1.165, 1.54) is 18.3 Å². The highest BCUT2D eigenvalue weighted by molar-refractivity contribution is 5.38.